The van der Waals surface area contributed by atoms with Gasteiger partial charge in [0.25, 0.3) is 0 Å². The first kappa shape index (κ1) is 53.5. The van der Waals surface area contributed by atoms with Gasteiger partial charge in [-0.1, -0.05) is 72.8 Å². The van der Waals surface area contributed by atoms with Crippen LogP contribution in [0, 0.1) is 17.8 Å². The van der Waals surface area contributed by atoms with Gasteiger partial charge in [0.05, 0.1) is 62.5 Å². The van der Waals surface area contributed by atoms with Crippen molar-refractivity contribution < 1.29 is 51.8 Å². The van der Waals surface area contributed by atoms with Crippen LogP contribution >= 0.6 is 0 Å². The molecule has 0 aliphatic carbocycles. The molecule has 4 aliphatic rings. The minimum absolute atomic E-state index is 0.0111. The second kappa shape index (κ2) is 22.8. The van der Waals surface area contributed by atoms with Gasteiger partial charge in [-0.15, -0.1) is 0 Å². The van der Waals surface area contributed by atoms with E-state index in [0.717, 1.165) is 69.3 Å². The van der Waals surface area contributed by atoms with Crippen molar-refractivity contribution in [3.05, 3.63) is 42.0 Å². The highest BCUT2D eigenvalue weighted by atomic mass is 28.4. The van der Waals surface area contributed by atoms with Gasteiger partial charge >= 0.3 is 0 Å². The molecule has 0 radical (unpaired) electrons. The predicted molar refractivity (Wildman–Crippen MR) is 255 cm³/mol. The smallest absolute Gasteiger partial charge is 0.191 e. The van der Waals surface area contributed by atoms with Gasteiger partial charge in [0.1, 0.15) is 5.75 Å². The lowest BCUT2D eigenvalue weighted by Gasteiger charge is -2.47. The van der Waals surface area contributed by atoms with Crippen LogP contribution < -0.4 is 4.74 Å². The maximum absolute atomic E-state index is 6.73. The van der Waals surface area contributed by atoms with E-state index in [2.05, 4.69) is 85.8 Å². The fourth-order valence-electron chi connectivity index (χ4n) is 9.64. The Hall–Kier alpha value is -1.42. The lowest BCUT2D eigenvalue weighted by Crippen LogP contribution is -2.52. The molecule has 11 atom stereocenters. The molecule has 1 aromatic carbocycles. The van der Waals surface area contributed by atoms with Crippen molar-refractivity contribution >= 4 is 8.32 Å². The van der Waals surface area contributed by atoms with Crippen molar-refractivity contribution in [3.63, 3.8) is 0 Å². The van der Waals surface area contributed by atoms with Crippen LogP contribution in [0.3, 0.4) is 0 Å². The van der Waals surface area contributed by atoms with Crippen LogP contribution in [0.25, 0.3) is 0 Å². The van der Waals surface area contributed by atoms with Crippen LogP contribution in [0.15, 0.2) is 36.4 Å². The van der Waals surface area contributed by atoms with Crippen molar-refractivity contribution in [2.24, 2.45) is 17.8 Å². The molecule has 4 aliphatic heterocycles. The number of ether oxygens (including phenoxy) is 10. The molecule has 0 bridgehead atoms. The lowest BCUT2D eigenvalue weighted by atomic mass is 9.91. The molecule has 368 valence electrons. The standard InChI is InChI=1S/C52H90O11Si/c1-35(2)48(55-34-38-21-24-39(53-14)25-22-38)36(3)20-23-40(57-47-19-17-18-26-54-47)27-41-28-42(59-50(8,9)58-41)29-43-30-44(61-51(10,11)60-43)31-45-32-46(63-52(12,13)62-45)37(4)33-56-64(15,16)49(5,6)7/h20-25,35-37,40-48H,17-19,26-34H2,1-16H3/b23-20+/t36-,37-,40-,41-,42+,43-,44+,45+,46+,47?,48-/m0/s1. The summed E-state index contributed by atoms with van der Waals surface area (Å²) in [6.45, 7) is 34.5. The molecule has 0 amide bonds. The van der Waals surface area contributed by atoms with E-state index in [-0.39, 0.29) is 72.0 Å². The van der Waals surface area contributed by atoms with Gasteiger partial charge in [-0.2, -0.15) is 0 Å². The van der Waals surface area contributed by atoms with Gasteiger partial charge in [-0.25, -0.2) is 0 Å². The Bertz CT molecular complexity index is 1570. The summed E-state index contributed by atoms with van der Waals surface area (Å²) in [5.74, 6) is -0.648. The fourth-order valence-corrected chi connectivity index (χ4v) is 10.7. The maximum Gasteiger partial charge on any atom is 0.191 e. The van der Waals surface area contributed by atoms with E-state index in [9.17, 15) is 0 Å². The number of methoxy groups -OCH3 is 1. The number of hydrogen-bond acceptors (Lipinski definition) is 11. The SMILES string of the molecule is COc1ccc(CO[C@@H](C(C)C)[C@@H](C)/C=C/[C@@H](C[C@H]2C[C@H](C[C@H]3C[C@H](C[C@@H]4C[C@H]([C@@H](C)CO[Si](C)(C)C(C)(C)C)OC(C)(C)O4)OC(C)(C)O3)OC(C)(C)O2)OC2CCCCO2)cc1. The molecule has 1 unspecified atom stereocenters. The molecule has 0 spiro atoms. The molecular weight excluding hydrogens is 829 g/mol. The second-order valence-electron chi connectivity index (χ2n) is 22.6. The van der Waals surface area contributed by atoms with Crippen LogP contribution in [0.1, 0.15) is 153 Å². The van der Waals surface area contributed by atoms with E-state index < -0.39 is 25.7 Å². The largest absolute Gasteiger partial charge is 0.497 e. The highest BCUT2D eigenvalue weighted by Crippen LogP contribution is 2.41. The van der Waals surface area contributed by atoms with Crippen molar-refractivity contribution in [2.45, 2.75) is 245 Å². The average Bonchev–Trinajstić information content (AvgIpc) is 3.17. The molecule has 0 saturated carbocycles. The van der Waals surface area contributed by atoms with E-state index in [0.29, 0.717) is 25.6 Å². The molecule has 4 fully saturated rings. The van der Waals surface area contributed by atoms with Crippen LogP contribution in [-0.2, 0) is 53.7 Å². The zero-order chi connectivity index (χ0) is 47.1. The first-order valence-corrected chi connectivity index (χ1v) is 27.6. The summed E-state index contributed by atoms with van der Waals surface area (Å²) in [4.78, 5) is 0. The molecular formula is C52H90O11Si. The third-order valence-electron chi connectivity index (χ3n) is 13.8. The minimum Gasteiger partial charge on any atom is -0.497 e. The molecule has 12 heteroatoms. The first-order valence-electron chi connectivity index (χ1n) is 24.7. The number of rotatable bonds is 20. The zero-order valence-corrected chi connectivity index (χ0v) is 43.9. The molecule has 1 aromatic rings. The third-order valence-corrected chi connectivity index (χ3v) is 18.3. The zero-order valence-electron chi connectivity index (χ0n) is 42.9. The Labute approximate surface area is 389 Å². The van der Waals surface area contributed by atoms with Gasteiger partial charge < -0.3 is 51.8 Å². The summed E-state index contributed by atoms with van der Waals surface area (Å²) >= 11 is 0. The topological polar surface area (TPSA) is 102 Å². The molecule has 4 saturated heterocycles. The molecule has 5 rings (SSSR count). The quantitative estimate of drug-likeness (QED) is 0.0923. The van der Waals surface area contributed by atoms with Gasteiger partial charge in [-0.3, -0.25) is 0 Å². The lowest BCUT2D eigenvalue weighted by molar-refractivity contribution is -0.337. The Balaban J connectivity index is 1.22. The van der Waals surface area contributed by atoms with E-state index in [1.54, 1.807) is 7.11 Å². The summed E-state index contributed by atoms with van der Waals surface area (Å²) in [5, 5.41) is 0.158. The Morgan fingerprint density at radius 1 is 0.734 bits per heavy atom. The van der Waals surface area contributed by atoms with Crippen molar-refractivity contribution in [1.29, 1.82) is 0 Å². The highest BCUT2D eigenvalue weighted by Gasteiger charge is 2.45. The average molecular weight is 919 g/mol. The molecule has 4 heterocycles. The maximum atomic E-state index is 6.73. The molecule has 64 heavy (non-hydrogen) atoms. The summed E-state index contributed by atoms with van der Waals surface area (Å²) in [5.41, 5.74) is 1.12. The van der Waals surface area contributed by atoms with Crippen molar-refractivity contribution in [2.75, 3.05) is 20.3 Å². The Kier molecular flexibility index (Phi) is 19.1. The van der Waals surface area contributed by atoms with Gasteiger partial charge in [0.2, 0.25) is 0 Å². The van der Waals surface area contributed by atoms with Crippen LogP contribution in [0.5, 0.6) is 5.75 Å². The summed E-state index contributed by atoms with van der Waals surface area (Å²) < 4.78 is 71.1. The van der Waals surface area contributed by atoms with Crippen molar-refractivity contribution in [3.8, 4) is 5.75 Å². The summed E-state index contributed by atoms with van der Waals surface area (Å²) in [6.07, 6.45) is 11.4. The number of benzene rings is 1. The van der Waals surface area contributed by atoms with Crippen LogP contribution in [0.4, 0.5) is 0 Å². The van der Waals surface area contributed by atoms with E-state index in [1.165, 1.54) is 0 Å². The molecule has 0 N–H and O–H groups in total. The number of hydrogen-bond donors (Lipinski definition) is 0. The van der Waals surface area contributed by atoms with E-state index in [1.807, 2.05) is 53.7 Å². The van der Waals surface area contributed by atoms with Crippen LogP contribution in [0.2, 0.25) is 18.1 Å². The fraction of sp³-hybridized carbons (Fsp3) is 0.846. The predicted octanol–water partition coefficient (Wildman–Crippen LogP) is 11.9. The molecule has 0 aromatic heterocycles. The van der Waals surface area contributed by atoms with Gasteiger partial charge in [0, 0.05) is 63.6 Å². The normalized spacial score (nSPS) is 30.8. The monoisotopic (exact) mass is 919 g/mol. The van der Waals surface area contributed by atoms with E-state index in [4.69, 9.17) is 51.8 Å². The second-order valence-corrected chi connectivity index (χ2v) is 27.4. The Morgan fingerprint density at radius 3 is 1.81 bits per heavy atom. The van der Waals surface area contributed by atoms with E-state index >= 15 is 0 Å². The highest BCUT2D eigenvalue weighted by molar-refractivity contribution is 6.74. The summed E-state index contributed by atoms with van der Waals surface area (Å²) in [6, 6.07) is 8.08. The third kappa shape index (κ3) is 16.7. The van der Waals surface area contributed by atoms with Crippen LogP contribution in [-0.4, -0.2) is 101 Å². The van der Waals surface area contributed by atoms with Crippen molar-refractivity contribution in [1.82, 2.24) is 0 Å². The van der Waals surface area contributed by atoms with Gasteiger partial charge in [-0.05, 0) is 103 Å². The molecule has 11 nitrogen and oxygen atoms in total. The van der Waals surface area contributed by atoms with Gasteiger partial charge in [0.15, 0.2) is 32.0 Å². The minimum atomic E-state index is -1.88. The summed E-state index contributed by atoms with van der Waals surface area (Å²) in [7, 11) is -0.197. The first-order chi connectivity index (χ1) is 29.8. The Morgan fingerprint density at radius 2 is 1.28 bits per heavy atom.